The zero-order chi connectivity index (χ0) is 13.2. The molecule has 0 fully saturated rings. The van der Waals surface area contributed by atoms with Crippen LogP contribution in [0.15, 0.2) is 53.4 Å². The summed E-state index contributed by atoms with van der Waals surface area (Å²) in [6.45, 7) is 0. The fourth-order valence-corrected chi connectivity index (χ4v) is 2.49. The highest BCUT2D eigenvalue weighted by molar-refractivity contribution is 7.92. The number of hydrogen-bond acceptors (Lipinski definition) is 2. The van der Waals surface area contributed by atoms with Gasteiger partial charge in [-0.05, 0) is 24.3 Å². The predicted molar refractivity (Wildman–Crippen MR) is 63.6 cm³/mol. The Morgan fingerprint density at radius 1 is 0.889 bits per heavy atom. The van der Waals surface area contributed by atoms with Gasteiger partial charge in [0.1, 0.15) is 11.6 Å². The minimum Gasteiger partial charge on any atom is -0.279 e. The van der Waals surface area contributed by atoms with Crippen LogP contribution in [0.25, 0.3) is 0 Å². The van der Waals surface area contributed by atoms with Crippen LogP contribution in [0.3, 0.4) is 0 Å². The number of benzene rings is 2. The molecule has 0 saturated heterocycles. The zero-order valence-corrected chi connectivity index (χ0v) is 9.92. The van der Waals surface area contributed by atoms with Gasteiger partial charge >= 0.3 is 0 Å². The van der Waals surface area contributed by atoms with E-state index in [2.05, 4.69) is 4.72 Å². The van der Waals surface area contributed by atoms with Gasteiger partial charge in [-0.1, -0.05) is 18.2 Å². The Kier molecular flexibility index (Phi) is 3.29. The average Bonchev–Trinajstić information content (AvgIpc) is 2.28. The standard InChI is InChI=1S/C12H9F2NO2S/c13-9-6-10(14)8-11(7-9)15-18(16,17)12-4-2-1-3-5-12/h1-8,15H. The van der Waals surface area contributed by atoms with Crippen LogP contribution < -0.4 is 4.72 Å². The third-order valence-electron chi connectivity index (χ3n) is 2.17. The minimum absolute atomic E-state index is 0.0228. The summed E-state index contributed by atoms with van der Waals surface area (Å²) in [5.74, 6) is -1.69. The van der Waals surface area contributed by atoms with Crippen molar-refractivity contribution in [1.29, 1.82) is 0 Å². The normalized spacial score (nSPS) is 11.2. The largest absolute Gasteiger partial charge is 0.279 e. The highest BCUT2D eigenvalue weighted by Gasteiger charge is 2.14. The van der Waals surface area contributed by atoms with Gasteiger partial charge in [-0.2, -0.15) is 0 Å². The van der Waals surface area contributed by atoms with Gasteiger partial charge in [0, 0.05) is 6.07 Å². The lowest BCUT2D eigenvalue weighted by Gasteiger charge is -2.08. The predicted octanol–water partition coefficient (Wildman–Crippen LogP) is 2.77. The Morgan fingerprint density at radius 3 is 2.00 bits per heavy atom. The first-order chi connectivity index (χ1) is 8.47. The van der Waals surface area contributed by atoms with Gasteiger partial charge in [0.2, 0.25) is 0 Å². The van der Waals surface area contributed by atoms with E-state index in [1.54, 1.807) is 18.2 Å². The highest BCUT2D eigenvalue weighted by atomic mass is 32.2. The smallest absolute Gasteiger partial charge is 0.261 e. The topological polar surface area (TPSA) is 46.2 Å². The number of hydrogen-bond donors (Lipinski definition) is 1. The van der Waals surface area contributed by atoms with Crippen LogP contribution in [0.5, 0.6) is 0 Å². The third-order valence-corrected chi connectivity index (χ3v) is 3.57. The van der Waals surface area contributed by atoms with Crippen LogP contribution >= 0.6 is 0 Å². The van der Waals surface area contributed by atoms with Gasteiger partial charge in [-0.15, -0.1) is 0 Å². The second kappa shape index (κ2) is 4.73. The molecule has 0 saturated carbocycles. The third kappa shape index (κ3) is 2.84. The fraction of sp³-hybridized carbons (Fsp3) is 0. The zero-order valence-electron chi connectivity index (χ0n) is 9.10. The Bertz CT molecular complexity index is 637. The first-order valence-electron chi connectivity index (χ1n) is 5.01. The molecule has 2 aromatic carbocycles. The van der Waals surface area contributed by atoms with Crippen LogP contribution in [-0.4, -0.2) is 8.42 Å². The van der Waals surface area contributed by atoms with E-state index in [4.69, 9.17) is 0 Å². The molecule has 0 aliphatic heterocycles. The van der Waals surface area contributed by atoms with Crippen molar-refractivity contribution in [2.75, 3.05) is 4.72 Å². The molecule has 3 nitrogen and oxygen atoms in total. The van der Waals surface area contributed by atoms with Crippen LogP contribution in [0.4, 0.5) is 14.5 Å². The molecule has 0 radical (unpaired) electrons. The van der Waals surface area contributed by atoms with Crippen molar-refractivity contribution >= 4 is 15.7 Å². The summed E-state index contributed by atoms with van der Waals surface area (Å²) in [4.78, 5) is 0.0228. The van der Waals surface area contributed by atoms with Crippen molar-refractivity contribution < 1.29 is 17.2 Å². The van der Waals surface area contributed by atoms with Crippen molar-refractivity contribution in [2.45, 2.75) is 4.90 Å². The molecule has 0 bridgehead atoms. The van der Waals surface area contributed by atoms with Crippen molar-refractivity contribution in [3.05, 3.63) is 60.2 Å². The molecule has 1 N–H and O–H groups in total. The quantitative estimate of drug-likeness (QED) is 0.931. The van der Waals surface area contributed by atoms with E-state index in [0.29, 0.717) is 6.07 Å². The lowest BCUT2D eigenvalue weighted by Crippen LogP contribution is -2.13. The molecule has 0 spiro atoms. The molecular weight excluding hydrogens is 260 g/mol. The molecule has 0 aliphatic rings. The van der Waals surface area contributed by atoms with E-state index < -0.39 is 21.7 Å². The lowest BCUT2D eigenvalue weighted by molar-refractivity contribution is 0.584. The molecule has 0 atom stereocenters. The molecule has 0 aliphatic carbocycles. The summed E-state index contributed by atoms with van der Waals surface area (Å²) < 4.78 is 51.7. The van der Waals surface area contributed by atoms with E-state index in [0.717, 1.165) is 12.1 Å². The summed E-state index contributed by atoms with van der Waals surface area (Å²) in [5.41, 5.74) is -0.156. The highest BCUT2D eigenvalue weighted by Crippen LogP contribution is 2.18. The number of halogens is 2. The average molecular weight is 269 g/mol. The molecule has 0 aromatic heterocycles. The van der Waals surface area contributed by atoms with Crippen molar-refractivity contribution in [2.24, 2.45) is 0 Å². The van der Waals surface area contributed by atoms with Gasteiger partial charge in [0.15, 0.2) is 0 Å². The number of nitrogens with one attached hydrogen (secondary N) is 1. The Labute approximate surface area is 103 Å². The summed E-state index contributed by atoms with van der Waals surface area (Å²) >= 11 is 0. The molecule has 0 unspecified atom stereocenters. The molecule has 94 valence electrons. The summed E-state index contributed by atoms with van der Waals surface area (Å²) in [7, 11) is -3.83. The number of rotatable bonds is 3. The minimum atomic E-state index is -3.83. The van der Waals surface area contributed by atoms with Crippen molar-refractivity contribution in [3.8, 4) is 0 Å². The SMILES string of the molecule is O=S(=O)(Nc1cc(F)cc(F)c1)c1ccccc1. The Morgan fingerprint density at radius 2 is 1.44 bits per heavy atom. The van der Waals surface area contributed by atoms with Crippen LogP contribution in [0, 0.1) is 11.6 Å². The molecule has 18 heavy (non-hydrogen) atoms. The number of anilines is 1. The second-order valence-electron chi connectivity index (χ2n) is 3.58. The Balaban J connectivity index is 2.34. The maximum absolute atomic E-state index is 12.9. The first kappa shape index (κ1) is 12.5. The molecule has 2 aromatic rings. The van der Waals surface area contributed by atoms with Crippen LogP contribution in [0.1, 0.15) is 0 Å². The molecular formula is C12H9F2NO2S. The summed E-state index contributed by atoms with van der Waals surface area (Å²) in [6.07, 6.45) is 0. The van der Waals surface area contributed by atoms with Gasteiger partial charge in [0.25, 0.3) is 10.0 Å². The molecule has 6 heteroatoms. The second-order valence-corrected chi connectivity index (χ2v) is 5.26. The fourth-order valence-electron chi connectivity index (χ4n) is 1.43. The maximum Gasteiger partial charge on any atom is 0.261 e. The summed E-state index contributed by atoms with van der Waals surface area (Å²) in [6, 6.07) is 10.0. The molecule has 2 rings (SSSR count). The monoisotopic (exact) mass is 269 g/mol. The van der Waals surface area contributed by atoms with Crippen molar-refractivity contribution in [1.82, 2.24) is 0 Å². The van der Waals surface area contributed by atoms with Gasteiger partial charge < -0.3 is 0 Å². The van der Waals surface area contributed by atoms with Gasteiger partial charge in [-0.3, -0.25) is 4.72 Å². The van der Waals surface area contributed by atoms with E-state index >= 15 is 0 Å². The molecule has 0 heterocycles. The lowest BCUT2D eigenvalue weighted by atomic mass is 10.3. The maximum atomic E-state index is 12.9. The molecule has 0 amide bonds. The first-order valence-corrected chi connectivity index (χ1v) is 6.50. The van der Waals surface area contributed by atoms with Gasteiger partial charge in [0.05, 0.1) is 10.6 Å². The van der Waals surface area contributed by atoms with Crippen LogP contribution in [-0.2, 0) is 10.0 Å². The summed E-state index contributed by atoms with van der Waals surface area (Å²) in [5, 5.41) is 0. The number of sulfonamides is 1. The van der Waals surface area contributed by atoms with E-state index in [1.807, 2.05) is 0 Å². The van der Waals surface area contributed by atoms with E-state index in [1.165, 1.54) is 12.1 Å². The van der Waals surface area contributed by atoms with E-state index in [9.17, 15) is 17.2 Å². The van der Waals surface area contributed by atoms with E-state index in [-0.39, 0.29) is 10.6 Å². The van der Waals surface area contributed by atoms with Gasteiger partial charge in [-0.25, -0.2) is 17.2 Å². The van der Waals surface area contributed by atoms with Crippen LogP contribution in [0.2, 0.25) is 0 Å². The Hall–Kier alpha value is -1.95. The van der Waals surface area contributed by atoms with Crippen molar-refractivity contribution in [3.63, 3.8) is 0 Å².